The largest absolute Gasteiger partial charge is 0.496 e. The topological polar surface area (TPSA) is 88.2 Å². The molecule has 3 aromatic rings. The average molecular weight is 598 g/mol. The van der Waals surface area contributed by atoms with E-state index < -0.39 is 23.8 Å². The number of piperidine rings is 1. The van der Waals surface area contributed by atoms with Gasteiger partial charge in [0.05, 0.1) is 13.7 Å². The Bertz CT molecular complexity index is 1460. The summed E-state index contributed by atoms with van der Waals surface area (Å²) in [6, 6.07) is 24.0. The first kappa shape index (κ1) is 31.1. The smallest absolute Gasteiger partial charge is 0.411 e. The summed E-state index contributed by atoms with van der Waals surface area (Å²) >= 11 is 0. The maximum atomic E-state index is 14.1. The highest BCUT2D eigenvalue weighted by molar-refractivity contribution is 5.92. The number of carbonyl (C=O) groups is 3. The molecule has 2 unspecified atom stereocenters. The molecule has 3 aromatic carbocycles. The van der Waals surface area contributed by atoms with Crippen LogP contribution in [0, 0.1) is 0 Å². The van der Waals surface area contributed by atoms with Crippen LogP contribution in [0.3, 0.4) is 0 Å². The number of para-hydroxylation sites is 1. The highest BCUT2D eigenvalue weighted by Gasteiger charge is 2.39. The molecule has 232 valence electrons. The number of rotatable bonds is 7. The van der Waals surface area contributed by atoms with Crippen molar-refractivity contribution in [1.29, 1.82) is 0 Å². The van der Waals surface area contributed by atoms with Crippen LogP contribution in [0.2, 0.25) is 0 Å². The molecule has 3 amide bonds. The van der Waals surface area contributed by atoms with E-state index in [0.29, 0.717) is 31.8 Å². The predicted molar refractivity (Wildman–Crippen MR) is 169 cm³/mol. The number of fused-ring (bicyclic) bond motifs is 1. The summed E-state index contributed by atoms with van der Waals surface area (Å²) in [4.78, 5) is 44.8. The van der Waals surface area contributed by atoms with Crippen molar-refractivity contribution in [3.63, 3.8) is 0 Å². The van der Waals surface area contributed by atoms with Gasteiger partial charge in [-0.25, -0.2) is 4.79 Å². The zero-order chi connectivity index (χ0) is 31.3. The quantitative estimate of drug-likeness (QED) is 0.389. The molecule has 2 aliphatic rings. The monoisotopic (exact) mass is 597 g/mol. The summed E-state index contributed by atoms with van der Waals surface area (Å²) in [6.45, 7) is 6.86. The summed E-state index contributed by atoms with van der Waals surface area (Å²) in [6.07, 6.45) is 1.77. The number of likely N-dealkylation sites (tertiary alicyclic amines) is 1. The third kappa shape index (κ3) is 7.41. The molecule has 0 aromatic heterocycles. The SMILES string of the molecule is COc1ccccc1C1CCN(C(=O)C(Cc2ccccc2)NC(=O)C2Cc3ccccc3CN2C(=O)OC(C)(C)C)CC1. The highest BCUT2D eigenvalue weighted by atomic mass is 16.6. The van der Waals surface area contributed by atoms with Crippen molar-refractivity contribution >= 4 is 17.9 Å². The molecule has 5 rings (SSSR count). The molecule has 1 N–H and O–H groups in total. The standard InChI is InChI=1S/C36H43N3O5/c1-36(2,3)44-35(42)39-24-28-15-9-8-14-27(28)23-31(39)33(40)37-30(22-25-12-6-5-7-13-25)34(41)38-20-18-26(19-21-38)29-16-10-11-17-32(29)43-4/h5-17,26,30-31H,18-24H2,1-4H3,(H,37,40). The van der Waals surface area contributed by atoms with Gasteiger partial charge in [-0.05, 0) is 67.9 Å². The third-order valence-electron chi connectivity index (χ3n) is 8.46. The molecule has 0 radical (unpaired) electrons. The number of nitrogens with zero attached hydrogens (tertiary/aromatic N) is 2. The van der Waals surface area contributed by atoms with E-state index in [1.165, 1.54) is 4.90 Å². The third-order valence-corrected chi connectivity index (χ3v) is 8.46. The molecule has 0 bridgehead atoms. The van der Waals surface area contributed by atoms with E-state index >= 15 is 0 Å². The molecular formula is C36H43N3O5. The first-order valence-corrected chi connectivity index (χ1v) is 15.5. The Labute approximate surface area is 260 Å². The number of hydrogen-bond acceptors (Lipinski definition) is 5. The summed E-state index contributed by atoms with van der Waals surface area (Å²) in [7, 11) is 1.68. The minimum Gasteiger partial charge on any atom is -0.496 e. The van der Waals surface area contributed by atoms with E-state index in [0.717, 1.165) is 40.8 Å². The zero-order valence-electron chi connectivity index (χ0n) is 26.1. The normalized spacial score (nSPS) is 17.8. The van der Waals surface area contributed by atoms with E-state index in [-0.39, 0.29) is 18.4 Å². The number of ether oxygens (including phenoxy) is 2. The Hall–Kier alpha value is -4.33. The van der Waals surface area contributed by atoms with E-state index in [9.17, 15) is 14.4 Å². The minimum atomic E-state index is -0.804. The number of amides is 3. The molecule has 0 aliphatic carbocycles. The Morgan fingerprint density at radius 2 is 1.52 bits per heavy atom. The number of benzene rings is 3. The van der Waals surface area contributed by atoms with Crippen molar-refractivity contribution in [2.24, 2.45) is 0 Å². The molecule has 2 heterocycles. The second-order valence-electron chi connectivity index (χ2n) is 12.7. The fraction of sp³-hybridized carbons (Fsp3) is 0.417. The van der Waals surface area contributed by atoms with Crippen LogP contribution in [-0.4, -0.2) is 65.6 Å². The highest BCUT2D eigenvalue weighted by Crippen LogP contribution is 2.34. The van der Waals surface area contributed by atoms with E-state index in [1.807, 2.05) is 98.5 Å². The first-order valence-electron chi connectivity index (χ1n) is 15.5. The first-order chi connectivity index (χ1) is 21.1. The Morgan fingerprint density at radius 1 is 0.886 bits per heavy atom. The molecule has 1 saturated heterocycles. The van der Waals surface area contributed by atoms with Crippen molar-refractivity contribution in [2.75, 3.05) is 20.2 Å². The molecule has 0 spiro atoms. The van der Waals surface area contributed by atoms with Crippen LogP contribution in [0.15, 0.2) is 78.9 Å². The lowest BCUT2D eigenvalue weighted by Crippen LogP contribution is -2.58. The Balaban J connectivity index is 1.35. The molecule has 1 fully saturated rings. The number of methoxy groups -OCH3 is 1. The van der Waals surface area contributed by atoms with E-state index in [2.05, 4.69) is 11.4 Å². The van der Waals surface area contributed by atoms with Crippen LogP contribution in [0.1, 0.15) is 61.8 Å². The second kappa shape index (κ2) is 13.5. The Kier molecular flexibility index (Phi) is 9.57. The van der Waals surface area contributed by atoms with E-state index in [1.54, 1.807) is 7.11 Å². The summed E-state index contributed by atoms with van der Waals surface area (Å²) in [5.74, 6) is 0.696. The van der Waals surface area contributed by atoms with Crippen LogP contribution < -0.4 is 10.1 Å². The number of carbonyl (C=O) groups excluding carboxylic acids is 3. The lowest BCUT2D eigenvalue weighted by molar-refractivity contribution is -0.138. The fourth-order valence-corrected chi connectivity index (χ4v) is 6.22. The van der Waals surface area contributed by atoms with Gasteiger partial charge in [0.25, 0.3) is 0 Å². The second-order valence-corrected chi connectivity index (χ2v) is 12.7. The van der Waals surface area contributed by atoms with Gasteiger partial charge in [0, 0.05) is 25.9 Å². The maximum absolute atomic E-state index is 14.1. The maximum Gasteiger partial charge on any atom is 0.411 e. The van der Waals surface area contributed by atoms with Gasteiger partial charge in [0.15, 0.2) is 0 Å². The molecule has 8 nitrogen and oxygen atoms in total. The van der Waals surface area contributed by atoms with Gasteiger partial charge in [-0.15, -0.1) is 0 Å². The van der Waals surface area contributed by atoms with E-state index in [4.69, 9.17) is 9.47 Å². The number of hydrogen-bond donors (Lipinski definition) is 1. The van der Waals surface area contributed by atoms with Crippen molar-refractivity contribution < 1.29 is 23.9 Å². The van der Waals surface area contributed by atoms with Crippen LogP contribution in [0.25, 0.3) is 0 Å². The summed E-state index contributed by atoms with van der Waals surface area (Å²) < 4.78 is 11.3. The van der Waals surface area contributed by atoms with Crippen molar-refractivity contribution in [1.82, 2.24) is 15.1 Å². The molecular weight excluding hydrogens is 554 g/mol. The van der Waals surface area contributed by atoms with Crippen LogP contribution >= 0.6 is 0 Å². The minimum absolute atomic E-state index is 0.110. The van der Waals surface area contributed by atoms with Crippen molar-refractivity contribution in [3.8, 4) is 5.75 Å². The Morgan fingerprint density at radius 3 is 2.20 bits per heavy atom. The summed E-state index contributed by atoms with van der Waals surface area (Å²) in [5, 5.41) is 3.07. The van der Waals surface area contributed by atoms with Crippen LogP contribution in [0.5, 0.6) is 5.75 Å². The van der Waals surface area contributed by atoms with Gasteiger partial charge >= 0.3 is 6.09 Å². The molecule has 0 saturated carbocycles. The van der Waals surface area contributed by atoms with Crippen LogP contribution in [0.4, 0.5) is 4.79 Å². The molecule has 2 atom stereocenters. The van der Waals surface area contributed by atoms with Crippen LogP contribution in [-0.2, 0) is 33.7 Å². The van der Waals surface area contributed by atoms with Crippen molar-refractivity contribution in [2.45, 2.75) is 76.6 Å². The molecule has 2 aliphatic heterocycles. The zero-order valence-corrected chi connectivity index (χ0v) is 26.1. The fourth-order valence-electron chi connectivity index (χ4n) is 6.22. The van der Waals surface area contributed by atoms with Gasteiger partial charge in [-0.2, -0.15) is 0 Å². The van der Waals surface area contributed by atoms with Gasteiger partial charge in [0.2, 0.25) is 11.8 Å². The molecule has 44 heavy (non-hydrogen) atoms. The van der Waals surface area contributed by atoms with Gasteiger partial charge in [-0.1, -0.05) is 72.8 Å². The predicted octanol–water partition coefficient (Wildman–Crippen LogP) is 5.49. The van der Waals surface area contributed by atoms with Gasteiger partial charge < -0.3 is 19.7 Å². The van der Waals surface area contributed by atoms with Gasteiger partial charge in [-0.3, -0.25) is 14.5 Å². The van der Waals surface area contributed by atoms with Gasteiger partial charge in [0.1, 0.15) is 23.4 Å². The number of nitrogens with one attached hydrogen (secondary N) is 1. The molecule has 8 heteroatoms. The van der Waals surface area contributed by atoms with Crippen molar-refractivity contribution in [3.05, 3.63) is 101 Å². The lowest BCUT2D eigenvalue weighted by atomic mass is 9.88. The average Bonchev–Trinajstić information content (AvgIpc) is 3.03. The lowest BCUT2D eigenvalue weighted by Gasteiger charge is -2.38. The summed E-state index contributed by atoms with van der Waals surface area (Å²) in [5.41, 5.74) is 3.40.